The molecule has 1 aromatic carbocycles. The molecule has 0 fully saturated rings. The lowest BCUT2D eigenvalue weighted by atomic mass is 9.95. The van der Waals surface area contributed by atoms with Crippen molar-refractivity contribution >= 4 is 28.2 Å². The summed E-state index contributed by atoms with van der Waals surface area (Å²) in [5.41, 5.74) is 5.73. The summed E-state index contributed by atoms with van der Waals surface area (Å²) in [5, 5.41) is 20.6. The smallest absolute Gasteiger partial charge is 0.268 e. The zero-order valence-electron chi connectivity index (χ0n) is 11.6. The number of nitrogen functional groups attached to an aromatic ring is 1. The van der Waals surface area contributed by atoms with Gasteiger partial charge in [-0.25, -0.2) is 4.98 Å². The molecule has 6 nitrogen and oxygen atoms in total. The van der Waals surface area contributed by atoms with E-state index in [-0.39, 0.29) is 22.5 Å². The minimum Gasteiger partial charge on any atom is -0.384 e. The number of benzene rings is 1. The Morgan fingerprint density at radius 2 is 1.87 bits per heavy atom. The van der Waals surface area contributed by atoms with E-state index in [0.717, 1.165) is 10.8 Å². The Morgan fingerprint density at radius 1 is 1.13 bits per heavy atom. The van der Waals surface area contributed by atoms with Crippen LogP contribution in [-0.4, -0.2) is 9.97 Å². The second-order valence-electron chi connectivity index (χ2n) is 4.79. The molecule has 23 heavy (non-hydrogen) atoms. The predicted octanol–water partition coefficient (Wildman–Crippen LogP) is 2.57. The number of nitrogens with one attached hydrogen (secondary N) is 1. The first-order valence-corrected chi connectivity index (χ1v) is 6.84. The first-order valence-electron chi connectivity index (χ1n) is 6.46. The molecule has 0 spiro atoms. The van der Waals surface area contributed by atoms with E-state index in [1.165, 1.54) is 0 Å². The van der Waals surface area contributed by atoms with E-state index >= 15 is 0 Å². The van der Waals surface area contributed by atoms with Crippen LogP contribution in [0.15, 0.2) is 35.3 Å². The molecule has 0 unspecified atom stereocenters. The van der Waals surface area contributed by atoms with Crippen LogP contribution in [0.5, 0.6) is 0 Å². The van der Waals surface area contributed by atoms with Gasteiger partial charge in [-0.2, -0.15) is 10.5 Å². The molecule has 3 N–H and O–H groups in total. The highest BCUT2D eigenvalue weighted by atomic mass is 35.5. The number of nitrogens with zero attached hydrogens (tertiary/aromatic N) is 3. The normalized spacial score (nSPS) is 10.2. The SMILES string of the molecule is N#Cc1c(N)[nH]c(=O)c(C#N)c1-c1ccc2cc(Cl)ncc2c1. The monoisotopic (exact) mass is 321 g/mol. The number of halogens is 1. The number of anilines is 1. The Bertz CT molecular complexity index is 1090. The number of nitriles is 2. The molecule has 3 aromatic rings. The molecule has 0 radical (unpaired) electrons. The van der Waals surface area contributed by atoms with E-state index in [2.05, 4.69) is 9.97 Å². The van der Waals surface area contributed by atoms with Gasteiger partial charge < -0.3 is 10.7 Å². The third-order valence-electron chi connectivity index (χ3n) is 3.45. The average Bonchev–Trinajstić information content (AvgIpc) is 2.53. The van der Waals surface area contributed by atoms with Crippen molar-refractivity contribution in [2.75, 3.05) is 5.73 Å². The van der Waals surface area contributed by atoms with E-state index in [0.29, 0.717) is 10.7 Å². The number of nitrogens with two attached hydrogens (primary N) is 1. The van der Waals surface area contributed by atoms with Crippen LogP contribution in [0.25, 0.3) is 21.9 Å². The summed E-state index contributed by atoms with van der Waals surface area (Å²) in [4.78, 5) is 18.3. The maximum Gasteiger partial charge on any atom is 0.268 e. The fourth-order valence-corrected chi connectivity index (χ4v) is 2.57. The van der Waals surface area contributed by atoms with Gasteiger partial charge in [0.05, 0.1) is 0 Å². The Morgan fingerprint density at radius 3 is 2.57 bits per heavy atom. The molecule has 0 saturated carbocycles. The molecule has 0 aliphatic rings. The number of H-pyrrole nitrogens is 1. The summed E-state index contributed by atoms with van der Waals surface area (Å²) in [6.45, 7) is 0. The number of hydrogen-bond acceptors (Lipinski definition) is 5. The fraction of sp³-hybridized carbons (Fsp3) is 0. The quantitative estimate of drug-likeness (QED) is 0.667. The molecule has 3 rings (SSSR count). The third kappa shape index (κ3) is 2.38. The largest absolute Gasteiger partial charge is 0.384 e. The fourth-order valence-electron chi connectivity index (χ4n) is 2.40. The summed E-state index contributed by atoms with van der Waals surface area (Å²) >= 11 is 5.85. The highest BCUT2D eigenvalue weighted by molar-refractivity contribution is 6.30. The molecule has 2 aromatic heterocycles. The first kappa shape index (κ1) is 14.6. The Balaban J connectivity index is 2.39. The Labute approximate surface area is 135 Å². The van der Waals surface area contributed by atoms with E-state index in [1.54, 1.807) is 30.5 Å². The predicted molar refractivity (Wildman–Crippen MR) is 86.7 cm³/mol. The highest BCUT2D eigenvalue weighted by Crippen LogP contribution is 2.30. The minimum atomic E-state index is -0.631. The zero-order valence-corrected chi connectivity index (χ0v) is 12.3. The molecule has 0 bridgehead atoms. The van der Waals surface area contributed by atoms with Gasteiger partial charge in [0.2, 0.25) is 0 Å². The molecule has 0 amide bonds. The van der Waals surface area contributed by atoms with Crippen LogP contribution in [-0.2, 0) is 0 Å². The number of hydrogen-bond donors (Lipinski definition) is 2. The van der Waals surface area contributed by atoms with Crippen LogP contribution in [0.3, 0.4) is 0 Å². The molecule has 7 heteroatoms. The first-order chi connectivity index (χ1) is 11.0. The molecule has 110 valence electrons. The average molecular weight is 322 g/mol. The van der Waals surface area contributed by atoms with Gasteiger partial charge in [-0.05, 0) is 23.1 Å². The topological polar surface area (TPSA) is 119 Å². The third-order valence-corrected chi connectivity index (χ3v) is 3.65. The Hall–Kier alpha value is -3.35. The van der Waals surface area contributed by atoms with Crippen molar-refractivity contribution in [1.29, 1.82) is 10.5 Å². The molecule has 0 aliphatic heterocycles. The number of aromatic amines is 1. The van der Waals surface area contributed by atoms with E-state index < -0.39 is 5.56 Å². The molecular formula is C16H8ClN5O. The maximum absolute atomic E-state index is 11.9. The number of rotatable bonds is 1. The minimum absolute atomic E-state index is 0.0578. The Kier molecular flexibility index (Phi) is 3.46. The second kappa shape index (κ2) is 5.45. The van der Waals surface area contributed by atoms with Crippen LogP contribution >= 0.6 is 11.6 Å². The lowest BCUT2D eigenvalue weighted by molar-refractivity contribution is 1.21. The van der Waals surface area contributed by atoms with Crippen molar-refractivity contribution in [3.63, 3.8) is 0 Å². The summed E-state index contributed by atoms with van der Waals surface area (Å²) < 4.78 is 0. The number of aromatic nitrogens is 2. The molecule has 0 saturated heterocycles. The standard InChI is InChI=1S/C16H8ClN5O/c17-13-4-8-1-2-9(3-10(8)7-21-13)14-11(5-18)15(20)22-16(23)12(14)6-19/h1-4,7H,(H3,20,22,23). The lowest BCUT2D eigenvalue weighted by Gasteiger charge is -2.09. The van der Waals surface area contributed by atoms with Crippen molar-refractivity contribution in [2.45, 2.75) is 0 Å². The van der Waals surface area contributed by atoms with Crippen LogP contribution < -0.4 is 11.3 Å². The maximum atomic E-state index is 11.9. The molecule has 0 aliphatic carbocycles. The van der Waals surface area contributed by atoms with Crippen molar-refractivity contribution < 1.29 is 0 Å². The summed E-state index contributed by atoms with van der Waals surface area (Å²) in [7, 11) is 0. The number of pyridine rings is 2. The second-order valence-corrected chi connectivity index (χ2v) is 5.17. The van der Waals surface area contributed by atoms with Crippen molar-refractivity contribution in [3.8, 4) is 23.3 Å². The lowest BCUT2D eigenvalue weighted by Crippen LogP contribution is -2.16. The van der Waals surface area contributed by atoms with Crippen molar-refractivity contribution in [1.82, 2.24) is 9.97 Å². The van der Waals surface area contributed by atoms with Gasteiger partial charge in [-0.3, -0.25) is 4.79 Å². The van der Waals surface area contributed by atoms with Gasteiger partial charge in [-0.15, -0.1) is 0 Å². The van der Waals surface area contributed by atoms with Gasteiger partial charge in [0.15, 0.2) is 0 Å². The van der Waals surface area contributed by atoms with Gasteiger partial charge in [-0.1, -0.05) is 23.7 Å². The summed E-state index contributed by atoms with van der Waals surface area (Å²) in [6.07, 6.45) is 1.58. The van der Waals surface area contributed by atoms with Crippen LogP contribution in [0.1, 0.15) is 11.1 Å². The highest BCUT2D eigenvalue weighted by Gasteiger charge is 2.18. The molecular weight excluding hydrogens is 314 g/mol. The van der Waals surface area contributed by atoms with Gasteiger partial charge in [0.1, 0.15) is 34.2 Å². The molecule has 2 heterocycles. The van der Waals surface area contributed by atoms with Crippen LogP contribution in [0, 0.1) is 22.7 Å². The van der Waals surface area contributed by atoms with Gasteiger partial charge >= 0.3 is 0 Å². The van der Waals surface area contributed by atoms with E-state index in [9.17, 15) is 15.3 Å². The van der Waals surface area contributed by atoms with Crippen LogP contribution in [0.4, 0.5) is 5.82 Å². The van der Waals surface area contributed by atoms with Gasteiger partial charge in [0, 0.05) is 17.1 Å². The number of fused-ring (bicyclic) bond motifs is 1. The van der Waals surface area contributed by atoms with Crippen LogP contribution in [0.2, 0.25) is 5.15 Å². The molecule has 0 atom stereocenters. The van der Waals surface area contributed by atoms with E-state index in [4.69, 9.17) is 17.3 Å². The van der Waals surface area contributed by atoms with E-state index in [1.807, 2.05) is 12.1 Å². The van der Waals surface area contributed by atoms with Crippen molar-refractivity contribution in [3.05, 3.63) is 57.1 Å². The van der Waals surface area contributed by atoms with Crippen molar-refractivity contribution in [2.24, 2.45) is 0 Å². The van der Waals surface area contributed by atoms with Gasteiger partial charge in [0.25, 0.3) is 5.56 Å². The summed E-state index contributed by atoms with van der Waals surface area (Å²) in [6, 6.07) is 10.7. The summed E-state index contributed by atoms with van der Waals surface area (Å²) in [5.74, 6) is -0.0687. The zero-order chi connectivity index (χ0) is 16.6.